The minimum atomic E-state index is -4.01. The smallest absolute Gasteiger partial charge is 0.185 e. The van der Waals surface area contributed by atoms with Gasteiger partial charge in [-0.1, -0.05) is 24.3 Å². The number of hydrogen-bond donors (Lipinski definition) is 0. The van der Waals surface area contributed by atoms with E-state index in [-0.39, 0.29) is 16.9 Å². The van der Waals surface area contributed by atoms with Gasteiger partial charge in [-0.15, -0.1) is 0 Å². The number of sulfone groups is 1. The van der Waals surface area contributed by atoms with E-state index in [2.05, 4.69) is 9.98 Å². The molecule has 3 aromatic rings. The molecular formula is C24H17FN4O3S. The highest BCUT2D eigenvalue weighted by Gasteiger charge is 2.25. The highest BCUT2D eigenvalue weighted by atomic mass is 32.2. The first-order valence-electron chi connectivity index (χ1n) is 10.1. The lowest BCUT2D eigenvalue weighted by atomic mass is 10.1. The van der Waals surface area contributed by atoms with E-state index in [1.807, 2.05) is 11.0 Å². The molecule has 0 atom stereocenters. The van der Waals surface area contributed by atoms with Crippen molar-refractivity contribution in [2.24, 2.45) is 9.98 Å². The molecule has 0 aromatic heterocycles. The first-order valence-corrected chi connectivity index (χ1v) is 11.8. The molecular weight excluding hydrogens is 443 g/mol. The van der Waals surface area contributed by atoms with E-state index >= 15 is 0 Å². The molecule has 0 radical (unpaired) electrons. The molecule has 9 heteroatoms. The van der Waals surface area contributed by atoms with Crippen LogP contribution in [0.25, 0.3) is 0 Å². The average Bonchev–Trinajstić information content (AvgIpc) is 3.29. The summed E-state index contributed by atoms with van der Waals surface area (Å²) in [6, 6.07) is 17.3. The van der Waals surface area contributed by atoms with Crippen LogP contribution in [0.3, 0.4) is 0 Å². The highest BCUT2D eigenvalue weighted by Crippen LogP contribution is 2.34. The number of ether oxygens (including phenoxy) is 1. The molecule has 33 heavy (non-hydrogen) atoms. The van der Waals surface area contributed by atoms with E-state index in [0.29, 0.717) is 12.3 Å². The van der Waals surface area contributed by atoms with E-state index in [9.17, 15) is 18.1 Å². The molecule has 2 aliphatic rings. The largest absolute Gasteiger partial charge is 0.456 e. The number of aliphatic imine (C=N–C) groups is 2. The fourth-order valence-electron chi connectivity index (χ4n) is 3.83. The molecule has 0 unspecified atom stereocenters. The van der Waals surface area contributed by atoms with Crippen LogP contribution in [-0.4, -0.2) is 38.6 Å². The summed E-state index contributed by atoms with van der Waals surface area (Å²) in [5.74, 6) is 0.132. The van der Waals surface area contributed by atoms with Crippen molar-refractivity contribution in [2.75, 3.05) is 13.1 Å². The molecule has 5 rings (SSSR count). The SMILES string of the molecule is N#Cc1c(CS(=O)(=O)c2ccccc2F)cccc1Oc1ccc2c(c1)C1=NCCN1C=N2. The van der Waals surface area contributed by atoms with Crippen molar-refractivity contribution in [3.63, 3.8) is 0 Å². The minimum absolute atomic E-state index is 0.0768. The van der Waals surface area contributed by atoms with Gasteiger partial charge in [0.1, 0.15) is 34.1 Å². The molecule has 0 N–H and O–H groups in total. The third kappa shape index (κ3) is 3.85. The number of amidine groups is 1. The lowest BCUT2D eigenvalue weighted by Gasteiger charge is -2.21. The summed E-state index contributed by atoms with van der Waals surface area (Å²) >= 11 is 0. The van der Waals surface area contributed by atoms with Gasteiger partial charge in [-0.05, 0) is 42.0 Å². The van der Waals surface area contributed by atoms with Crippen LogP contribution in [0, 0.1) is 17.1 Å². The van der Waals surface area contributed by atoms with Gasteiger partial charge in [-0.2, -0.15) is 5.26 Å². The summed E-state index contributed by atoms with van der Waals surface area (Å²) in [5, 5.41) is 9.77. The van der Waals surface area contributed by atoms with Gasteiger partial charge in [0.25, 0.3) is 0 Å². The van der Waals surface area contributed by atoms with Crippen LogP contribution in [-0.2, 0) is 15.6 Å². The second kappa shape index (κ2) is 8.15. The Bertz CT molecular complexity index is 1480. The molecule has 2 heterocycles. The molecule has 7 nitrogen and oxygen atoms in total. The Morgan fingerprint density at radius 3 is 2.79 bits per heavy atom. The minimum Gasteiger partial charge on any atom is -0.456 e. The molecule has 3 aromatic carbocycles. The number of halogens is 1. The van der Waals surface area contributed by atoms with Crippen molar-refractivity contribution in [3.05, 3.63) is 83.2 Å². The van der Waals surface area contributed by atoms with E-state index in [1.165, 1.54) is 24.3 Å². The first kappa shape index (κ1) is 20.8. The van der Waals surface area contributed by atoms with Crippen molar-refractivity contribution >= 4 is 27.7 Å². The fraction of sp³-hybridized carbons (Fsp3) is 0.125. The van der Waals surface area contributed by atoms with Gasteiger partial charge in [-0.25, -0.2) is 17.8 Å². The van der Waals surface area contributed by atoms with Crippen molar-refractivity contribution in [2.45, 2.75) is 10.6 Å². The maximum absolute atomic E-state index is 14.1. The van der Waals surface area contributed by atoms with Gasteiger partial charge < -0.3 is 9.64 Å². The maximum atomic E-state index is 14.1. The second-order valence-corrected chi connectivity index (χ2v) is 9.47. The maximum Gasteiger partial charge on any atom is 0.185 e. The third-order valence-electron chi connectivity index (χ3n) is 5.39. The molecule has 0 saturated carbocycles. The van der Waals surface area contributed by atoms with Gasteiger partial charge in [0.2, 0.25) is 0 Å². The van der Waals surface area contributed by atoms with E-state index < -0.39 is 26.3 Å². The van der Waals surface area contributed by atoms with Crippen molar-refractivity contribution < 1.29 is 17.5 Å². The summed E-state index contributed by atoms with van der Waals surface area (Å²) in [4.78, 5) is 10.5. The van der Waals surface area contributed by atoms with Crippen molar-refractivity contribution in [1.29, 1.82) is 5.26 Å². The van der Waals surface area contributed by atoms with Crippen LogP contribution in [0.1, 0.15) is 16.7 Å². The van der Waals surface area contributed by atoms with Gasteiger partial charge in [0.15, 0.2) is 9.84 Å². The highest BCUT2D eigenvalue weighted by molar-refractivity contribution is 7.90. The van der Waals surface area contributed by atoms with Crippen LogP contribution in [0.15, 0.2) is 75.5 Å². The van der Waals surface area contributed by atoms with E-state index in [1.54, 1.807) is 36.7 Å². The molecule has 0 bridgehead atoms. The average molecular weight is 460 g/mol. The lowest BCUT2D eigenvalue weighted by molar-refractivity contribution is 0.480. The van der Waals surface area contributed by atoms with E-state index in [4.69, 9.17) is 4.74 Å². The molecule has 164 valence electrons. The van der Waals surface area contributed by atoms with Crippen LogP contribution in [0.2, 0.25) is 0 Å². The number of fused-ring (bicyclic) bond motifs is 3. The Morgan fingerprint density at radius 2 is 1.97 bits per heavy atom. The van der Waals surface area contributed by atoms with Crippen LogP contribution in [0.5, 0.6) is 11.5 Å². The zero-order valence-corrected chi connectivity index (χ0v) is 18.1. The number of hydrogen-bond acceptors (Lipinski definition) is 7. The van der Waals surface area contributed by atoms with Gasteiger partial charge in [0.05, 0.1) is 29.9 Å². The molecule has 0 aliphatic carbocycles. The number of rotatable bonds is 5. The predicted octanol–water partition coefficient (Wildman–Crippen LogP) is 4.20. The molecule has 0 amide bonds. The summed E-state index contributed by atoms with van der Waals surface area (Å²) < 4.78 is 45.7. The van der Waals surface area contributed by atoms with Crippen LogP contribution in [0.4, 0.5) is 10.1 Å². The molecule has 2 aliphatic heterocycles. The Labute approximate surface area is 190 Å². The number of nitrogens with zero attached hydrogens (tertiary/aromatic N) is 4. The van der Waals surface area contributed by atoms with Crippen LogP contribution < -0.4 is 4.74 Å². The summed E-state index contributed by atoms with van der Waals surface area (Å²) in [6.45, 7) is 1.45. The fourth-order valence-corrected chi connectivity index (χ4v) is 5.29. The number of benzene rings is 3. The van der Waals surface area contributed by atoms with Gasteiger partial charge in [0, 0.05) is 12.1 Å². The Kier molecular flexibility index (Phi) is 5.15. The summed E-state index contributed by atoms with van der Waals surface area (Å²) in [6.07, 6.45) is 1.75. The predicted molar refractivity (Wildman–Crippen MR) is 121 cm³/mol. The van der Waals surface area contributed by atoms with Gasteiger partial charge >= 0.3 is 0 Å². The standard InChI is InChI=1S/C24H17FN4O3S/c25-20-5-1-2-7-23(20)33(30,31)14-16-4-3-6-22(19(16)13-26)32-17-8-9-21-18(12-17)24-27-10-11-29(24)15-28-21/h1-9,12,15H,10-11,14H2. The second-order valence-electron chi connectivity index (χ2n) is 7.52. The zero-order valence-electron chi connectivity index (χ0n) is 17.3. The topological polar surface area (TPSA) is 95.1 Å². The quantitative estimate of drug-likeness (QED) is 0.569. The first-order chi connectivity index (χ1) is 16.0. The van der Waals surface area contributed by atoms with Crippen LogP contribution >= 0.6 is 0 Å². The molecule has 0 fully saturated rings. The third-order valence-corrected chi connectivity index (χ3v) is 7.08. The monoisotopic (exact) mass is 460 g/mol. The van der Waals surface area contributed by atoms with Crippen molar-refractivity contribution in [1.82, 2.24) is 4.90 Å². The normalized spacial score (nSPS) is 14.3. The molecule has 0 saturated heterocycles. The Hall–Kier alpha value is -4.03. The van der Waals surface area contributed by atoms with Crippen molar-refractivity contribution in [3.8, 4) is 17.6 Å². The molecule has 0 spiro atoms. The summed E-state index contributed by atoms with van der Waals surface area (Å²) in [5.41, 5.74) is 1.90. The Balaban J connectivity index is 1.47. The zero-order chi connectivity index (χ0) is 23.0. The lowest BCUT2D eigenvalue weighted by Crippen LogP contribution is -2.29. The van der Waals surface area contributed by atoms with E-state index in [0.717, 1.165) is 29.7 Å². The number of nitriles is 1. The Morgan fingerprint density at radius 1 is 1.12 bits per heavy atom. The summed E-state index contributed by atoms with van der Waals surface area (Å²) in [7, 11) is -4.01. The van der Waals surface area contributed by atoms with Gasteiger partial charge in [-0.3, -0.25) is 4.99 Å².